The Morgan fingerprint density at radius 1 is 1.10 bits per heavy atom. The van der Waals surface area contributed by atoms with Crippen LogP contribution in [-0.2, 0) is 0 Å². The van der Waals surface area contributed by atoms with Crippen LogP contribution in [0.1, 0.15) is 21.5 Å². The highest BCUT2D eigenvalue weighted by Gasteiger charge is 2.14. The minimum Gasteiger partial charge on any atom is -0.288 e. The molecular formula is C17H12FNO. The molecule has 0 N–H and O–H groups in total. The number of benzene rings is 2. The second kappa shape index (κ2) is 4.85. The van der Waals surface area contributed by atoms with Crippen molar-refractivity contribution in [3.8, 4) is 0 Å². The molecule has 0 saturated carbocycles. The lowest BCUT2D eigenvalue weighted by atomic mass is 10.0. The molecule has 2 aromatic carbocycles. The van der Waals surface area contributed by atoms with E-state index in [1.165, 1.54) is 12.1 Å². The fraction of sp³-hybridized carbons (Fsp3) is 0.0588. The van der Waals surface area contributed by atoms with Crippen molar-refractivity contribution in [3.05, 3.63) is 77.2 Å². The maximum atomic E-state index is 13.9. The largest absolute Gasteiger partial charge is 0.288 e. The summed E-state index contributed by atoms with van der Waals surface area (Å²) in [5.41, 5.74) is 2.05. The SMILES string of the molecule is Cc1ccc(C(=O)c2ccc3cccnc3c2)c(F)c1. The van der Waals surface area contributed by atoms with Gasteiger partial charge in [0.1, 0.15) is 5.82 Å². The Kier molecular flexibility index (Phi) is 3.03. The summed E-state index contributed by atoms with van der Waals surface area (Å²) in [7, 11) is 0. The van der Waals surface area contributed by atoms with Crippen molar-refractivity contribution in [1.29, 1.82) is 0 Å². The number of carbonyl (C=O) groups excluding carboxylic acids is 1. The molecule has 0 saturated heterocycles. The fourth-order valence-corrected chi connectivity index (χ4v) is 2.17. The first kappa shape index (κ1) is 12.5. The highest BCUT2D eigenvalue weighted by atomic mass is 19.1. The van der Waals surface area contributed by atoms with Gasteiger partial charge >= 0.3 is 0 Å². The van der Waals surface area contributed by atoms with Crippen LogP contribution >= 0.6 is 0 Å². The van der Waals surface area contributed by atoms with Gasteiger partial charge < -0.3 is 0 Å². The number of pyridine rings is 1. The monoisotopic (exact) mass is 265 g/mol. The number of carbonyl (C=O) groups is 1. The molecule has 0 aliphatic carbocycles. The number of ketones is 1. The second-order valence-corrected chi connectivity index (χ2v) is 4.72. The molecule has 0 atom stereocenters. The summed E-state index contributed by atoms with van der Waals surface area (Å²) in [4.78, 5) is 16.6. The third-order valence-electron chi connectivity index (χ3n) is 3.24. The van der Waals surface area contributed by atoms with Gasteiger partial charge in [0.15, 0.2) is 5.78 Å². The van der Waals surface area contributed by atoms with E-state index in [1.807, 2.05) is 18.2 Å². The number of aromatic nitrogens is 1. The smallest absolute Gasteiger partial charge is 0.196 e. The van der Waals surface area contributed by atoms with Crippen molar-refractivity contribution in [3.63, 3.8) is 0 Å². The maximum Gasteiger partial charge on any atom is 0.196 e. The Labute approximate surface area is 115 Å². The molecular weight excluding hydrogens is 253 g/mol. The van der Waals surface area contributed by atoms with Crippen molar-refractivity contribution in [2.24, 2.45) is 0 Å². The van der Waals surface area contributed by atoms with Crippen molar-refractivity contribution in [2.75, 3.05) is 0 Å². The van der Waals surface area contributed by atoms with E-state index in [2.05, 4.69) is 4.98 Å². The van der Waals surface area contributed by atoms with E-state index in [-0.39, 0.29) is 11.3 Å². The zero-order chi connectivity index (χ0) is 14.1. The second-order valence-electron chi connectivity index (χ2n) is 4.72. The molecule has 0 spiro atoms. The van der Waals surface area contributed by atoms with Crippen LogP contribution < -0.4 is 0 Å². The molecule has 0 radical (unpaired) electrons. The van der Waals surface area contributed by atoms with Gasteiger partial charge in [0.25, 0.3) is 0 Å². The predicted octanol–water partition coefficient (Wildman–Crippen LogP) is 3.91. The minimum absolute atomic E-state index is 0.0888. The molecule has 3 aromatic rings. The van der Waals surface area contributed by atoms with E-state index in [9.17, 15) is 9.18 Å². The van der Waals surface area contributed by atoms with Gasteiger partial charge in [0.2, 0.25) is 0 Å². The summed E-state index contributed by atoms with van der Waals surface area (Å²) < 4.78 is 13.9. The van der Waals surface area contributed by atoms with Gasteiger partial charge in [-0.05, 0) is 36.8 Å². The molecule has 0 amide bonds. The van der Waals surface area contributed by atoms with Gasteiger partial charge in [0.05, 0.1) is 11.1 Å². The Morgan fingerprint density at radius 3 is 2.75 bits per heavy atom. The summed E-state index contributed by atoms with van der Waals surface area (Å²) in [5, 5.41) is 0.952. The topological polar surface area (TPSA) is 30.0 Å². The first-order chi connectivity index (χ1) is 9.65. The lowest BCUT2D eigenvalue weighted by Gasteiger charge is -2.05. The van der Waals surface area contributed by atoms with Gasteiger partial charge in [-0.3, -0.25) is 9.78 Å². The number of nitrogens with zero attached hydrogens (tertiary/aromatic N) is 1. The molecule has 3 rings (SSSR count). The molecule has 2 nitrogen and oxygen atoms in total. The third-order valence-corrected chi connectivity index (χ3v) is 3.24. The van der Waals surface area contributed by atoms with Gasteiger partial charge in [-0.1, -0.05) is 24.3 Å². The molecule has 1 heterocycles. The van der Waals surface area contributed by atoms with E-state index < -0.39 is 5.82 Å². The van der Waals surface area contributed by atoms with Crippen molar-refractivity contribution in [1.82, 2.24) is 4.98 Å². The Hall–Kier alpha value is -2.55. The van der Waals surface area contributed by atoms with Crippen LogP contribution in [0, 0.1) is 12.7 Å². The van der Waals surface area contributed by atoms with Gasteiger partial charge in [-0.25, -0.2) is 4.39 Å². The molecule has 1 aromatic heterocycles. The van der Waals surface area contributed by atoms with Crippen LogP contribution in [0.15, 0.2) is 54.7 Å². The number of aryl methyl sites for hydroxylation is 1. The summed E-state index contributed by atoms with van der Waals surface area (Å²) in [6, 6.07) is 13.6. The van der Waals surface area contributed by atoms with Gasteiger partial charge in [0, 0.05) is 17.1 Å². The highest BCUT2D eigenvalue weighted by Crippen LogP contribution is 2.18. The summed E-state index contributed by atoms with van der Waals surface area (Å²) in [5.74, 6) is -0.814. The molecule has 0 aliphatic heterocycles. The Morgan fingerprint density at radius 2 is 1.95 bits per heavy atom. The quantitative estimate of drug-likeness (QED) is 0.657. The zero-order valence-corrected chi connectivity index (χ0v) is 10.9. The zero-order valence-electron chi connectivity index (χ0n) is 10.9. The van der Waals surface area contributed by atoms with Gasteiger partial charge in [-0.15, -0.1) is 0 Å². The van der Waals surface area contributed by atoms with Crippen LogP contribution in [0.4, 0.5) is 4.39 Å². The van der Waals surface area contributed by atoms with Gasteiger partial charge in [-0.2, -0.15) is 0 Å². The highest BCUT2D eigenvalue weighted by molar-refractivity contribution is 6.10. The molecule has 3 heteroatoms. The van der Waals surface area contributed by atoms with Crippen LogP contribution in [0.3, 0.4) is 0 Å². The average molecular weight is 265 g/mol. The standard InChI is InChI=1S/C17H12FNO/c1-11-4-7-14(15(18)9-11)17(20)13-6-5-12-3-2-8-19-16(12)10-13/h2-10H,1H3. The lowest BCUT2D eigenvalue weighted by molar-refractivity contribution is 0.103. The van der Waals surface area contributed by atoms with E-state index in [0.29, 0.717) is 5.56 Å². The van der Waals surface area contributed by atoms with Crippen LogP contribution in [0.2, 0.25) is 0 Å². The Bertz CT molecular complexity index is 811. The average Bonchev–Trinajstić information content (AvgIpc) is 2.46. The summed E-state index contributed by atoms with van der Waals surface area (Å²) in [6.07, 6.45) is 1.67. The maximum absolute atomic E-state index is 13.9. The molecule has 0 fully saturated rings. The van der Waals surface area contributed by atoms with Crippen molar-refractivity contribution < 1.29 is 9.18 Å². The van der Waals surface area contributed by atoms with E-state index in [4.69, 9.17) is 0 Å². The van der Waals surface area contributed by atoms with Crippen molar-refractivity contribution in [2.45, 2.75) is 6.92 Å². The number of fused-ring (bicyclic) bond motifs is 1. The third kappa shape index (κ3) is 2.18. The molecule has 0 aliphatic rings. The van der Waals surface area contributed by atoms with E-state index in [0.717, 1.165) is 16.5 Å². The predicted molar refractivity (Wildman–Crippen MR) is 76.3 cm³/mol. The number of hydrogen-bond acceptors (Lipinski definition) is 2. The first-order valence-corrected chi connectivity index (χ1v) is 6.31. The fourth-order valence-electron chi connectivity index (χ4n) is 2.17. The molecule has 0 bridgehead atoms. The van der Waals surface area contributed by atoms with Crippen molar-refractivity contribution >= 4 is 16.7 Å². The van der Waals surface area contributed by atoms with E-state index in [1.54, 1.807) is 31.3 Å². The number of hydrogen-bond donors (Lipinski definition) is 0. The lowest BCUT2D eigenvalue weighted by Crippen LogP contribution is -2.04. The van der Waals surface area contributed by atoms with Crippen LogP contribution in [-0.4, -0.2) is 10.8 Å². The van der Waals surface area contributed by atoms with Crippen LogP contribution in [0.5, 0.6) is 0 Å². The minimum atomic E-state index is -0.490. The molecule has 98 valence electrons. The summed E-state index contributed by atoms with van der Waals surface area (Å²) in [6.45, 7) is 1.79. The normalized spacial score (nSPS) is 10.7. The number of rotatable bonds is 2. The molecule has 0 unspecified atom stereocenters. The first-order valence-electron chi connectivity index (χ1n) is 6.31. The summed E-state index contributed by atoms with van der Waals surface area (Å²) >= 11 is 0. The Balaban J connectivity index is 2.08. The molecule has 20 heavy (non-hydrogen) atoms. The van der Waals surface area contributed by atoms with Crippen LogP contribution in [0.25, 0.3) is 10.9 Å². The van der Waals surface area contributed by atoms with E-state index >= 15 is 0 Å². The number of halogens is 1.